The van der Waals surface area contributed by atoms with E-state index < -0.39 is 0 Å². The number of fused-ring (bicyclic) bond motifs is 13. The summed E-state index contributed by atoms with van der Waals surface area (Å²) < 4.78 is 13.1. The summed E-state index contributed by atoms with van der Waals surface area (Å²) in [6, 6.07) is 47.1. The van der Waals surface area contributed by atoms with Crippen molar-refractivity contribution in [1.29, 1.82) is 0 Å². The van der Waals surface area contributed by atoms with E-state index in [0.29, 0.717) is 12.0 Å². The molecule has 0 amide bonds. The van der Waals surface area contributed by atoms with E-state index in [9.17, 15) is 0 Å². The van der Waals surface area contributed by atoms with Crippen LogP contribution in [0.3, 0.4) is 0 Å². The second-order valence-electron chi connectivity index (χ2n) is 11.3. The van der Waals surface area contributed by atoms with Gasteiger partial charge < -0.3 is 0 Å². The minimum absolute atomic E-state index is 0.516. The summed E-state index contributed by atoms with van der Waals surface area (Å²) in [6.45, 7) is 0. The molecule has 0 atom stereocenters. The number of thiophene rings is 1. The largest absolute Gasteiger partial charge is 0.246 e. The van der Waals surface area contributed by atoms with Crippen molar-refractivity contribution in [2.24, 2.45) is 0 Å². The normalized spacial score (nSPS) is 13.1. The van der Waals surface area contributed by atoms with E-state index in [0.717, 1.165) is 33.2 Å². The van der Waals surface area contributed by atoms with Gasteiger partial charge >= 0.3 is 0 Å². The second-order valence-corrected chi connectivity index (χ2v) is 13.3. The van der Waals surface area contributed by atoms with E-state index in [1.54, 1.807) is 23.3 Å². The summed E-state index contributed by atoms with van der Waals surface area (Å²) in [7, 11) is 0. The van der Waals surface area contributed by atoms with Gasteiger partial charge in [-0.2, -0.15) is 0 Å². The minimum Gasteiger partial charge on any atom is -0.246 e. The third-order valence-electron chi connectivity index (χ3n) is 8.80. The molecular formula is C40H23N3S2. The molecule has 0 saturated carbocycles. The zero-order valence-corrected chi connectivity index (χ0v) is 25.5. The summed E-state index contributed by atoms with van der Waals surface area (Å²) in [5, 5.41) is 8.16. The fraction of sp³-hybridized carbons (Fsp3) is 0. The van der Waals surface area contributed by atoms with Gasteiger partial charge in [-0.25, -0.2) is 14.3 Å². The molecule has 7 aromatic carbocycles. The molecule has 0 aliphatic carbocycles. The lowest BCUT2D eigenvalue weighted by molar-refractivity contribution is 1.17. The first kappa shape index (κ1) is 24.1. The van der Waals surface area contributed by atoms with Crippen LogP contribution in [0.4, 0.5) is 11.6 Å². The Bertz CT molecular complexity index is 2700. The van der Waals surface area contributed by atoms with Crippen molar-refractivity contribution in [3.05, 3.63) is 140 Å². The molecule has 1 aliphatic rings. The van der Waals surface area contributed by atoms with Crippen LogP contribution in [0.25, 0.3) is 75.0 Å². The lowest BCUT2D eigenvalue weighted by Crippen LogP contribution is -2.16. The fourth-order valence-electron chi connectivity index (χ4n) is 6.87. The van der Waals surface area contributed by atoms with E-state index in [-0.39, 0.29) is 0 Å². The maximum Gasteiger partial charge on any atom is 0.241 e. The molecule has 0 radical (unpaired) electrons. The first-order valence-electron chi connectivity index (χ1n) is 15.4. The van der Waals surface area contributed by atoms with E-state index in [4.69, 9.17) is 11.3 Å². The number of rotatable bonds is 2. The summed E-state index contributed by atoms with van der Waals surface area (Å²) in [6.07, 6.45) is 0. The predicted molar refractivity (Wildman–Crippen MR) is 193 cm³/mol. The van der Waals surface area contributed by atoms with Gasteiger partial charge in [0.2, 0.25) is 5.95 Å². The van der Waals surface area contributed by atoms with Crippen molar-refractivity contribution in [3.63, 3.8) is 0 Å². The molecule has 9 aromatic rings. The Morgan fingerprint density at radius 1 is 0.578 bits per heavy atom. The predicted octanol–water partition coefficient (Wildman–Crippen LogP) is 11.8. The zero-order valence-electron chi connectivity index (χ0n) is 24.9. The SMILES string of the molecule is [2H]c1ccc2sc3c4c(c5ccccc5c3c2c1)-c1c(ccc2ccccc12)SN4c1nc(-c2ccccc2)c2ccccc2n1. The molecule has 2 aromatic heterocycles. The van der Waals surface area contributed by atoms with Gasteiger partial charge in [0.05, 0.1) is 23.0 Å². The van der Waals surface area contributed by atoms with Gasteiger partial charge in [0.25, 0.3) is 0 Å². The average Bonchev–Trinajstić information content (AvgIpc) is 3.49. The Balaban J connectivity index is 1.39. The first-order valence-corrected chi connectivity index (χ1v) is 16.5. The second kappa shape index (κ2) is 9.63. The van der Waals surface area contributed by atoms with Crippen molar-refractivity contribution in [3.8, 4) is 22.4 Å². The molecular weight excluding hydrogens is 587 g/mol. The highest BCUT2D eigenvalue weighted by Crippen LogP contribution is 2.59. The van der Waals surface area contributed by atoms with Crippen molar-refractivity contribution >= 4 is 87.5 Å². The van der Waals surface area contributed by atoms with Crippen LogP contribution in [0.15, 0.2) is 144 Å². The number of para-hydroxylation sites is 1. The van der Waals surface area contributed by atoms with Crippen LogP contribution in [0.5, 0.6) is 0 Å². The number of benzene rings is 7. The number of nitrogens with zero attached hydrogens (tertiary/aromatic N) is 3. The number of aromatic nitrogens is 2. The molecule has 210 valence electrons. The highest BCUT2D eigenvalue weighted by Gasteiger charge is 2.33. The van der Waals surface area contributed by atoms with Crippen LogP contribution in [-0.2, 0) is 0 Å². The lowest BCUT2D eigenvalue weighted by atomic mass is 9.90. The molecule has 0 bridgehead atoms. The van der Waals surface area contributed by atoms with Crippen molar-refractivity contribution < 1.29 is 1.37 Å². The van der Waals surface area contributed by atoms with Crippen LogP contribution in [-0.4, -0.2) is 9.97 Å². The molecule has 0 N–H and O–H groups in total. The molecule has 5 heteroatoms. The van der Waals surface area contributed by atoms with Crippen LogP contribution in [0.1, 0.15) is 1.37 Å². The number of hydrogen-bond donors (Lipinski definition) is 0. The maximum atomic E-state index is 8.50. The lowest BCUT2D eigenvalue weighted by Gasteiger charge is -2.32. The summed E-state index contributed by atoms with van der Waals surface area (Å²) in [4.78, 5) is 11.8. The van der Waals surface area contributed by atoms with Gasteiger partial charge in [-0.15, -0.1) is 11.3 Å². The maximum absolute atomic E-state index is 8.50. The van der Waals surface area contributed by atoms with Crippen molar-refractivity contribution in [1.82, 2.24) is 9.97 Å². The minimum atomic E-state index is 0.516. The highest BCUT2D eigenvalue weighted by atomic mass is 32.2. The van der Waals surface area contributed by atoms with Gasteiger partial charge in [-0.05, 0) is 51.7 Å². The van der Waals surface area contributed by atoms with E-state index in [1.165, 1.54) is 52.4 Å². The molecule has 3 nitrogen and oxygen atoms in total. The Morgan fingerprint density at radius 2 is 1.33 bits per heavy atom. The molecule has 1 aliphatic heterocycles. The van der Waals surface area contributed by atoms with Gasteiger partial charge in [0.15, 0.2) is 0 Å². The molecule has 45 heavy (non-hydrogen) atoms. The number of anilines is 2. The molecule has 0 saturated heterocycles. The van der Waals surface area contributed by atoms with E-state index in [1.807, 2.05) is 24.3 Å². The van der Waals surface area contributed by atoms with Crippen molar-refractivity contribution in [2.75, 3.05) is 4.31 Å². The standard InChI is InChI=1S/C40H23N3S2/c1-2-13-25(14-3-1)37-29-18-8-10-20-31(29)41-40(42-37)43-38-36(35-26-15-5-4-12-24(26)22-23-33(35)45-43)28-17-7-6-16-27(28)34-30-19-9-11-21-32(30)44-39(34)38/h1-23H/i9D. The quantitative estimate of drug-likeness (QED) is 0.182. The van der Waals surface area contributed by atoms with Crippen LogP contribution in [0.2, 0.25) is 0 Å². The third-order valence-corrected chi connectivity index (χ3v) is 11.0. The Morgan fingerprint density at radius 3 is 2.22 bits per heavy atom. The zero-order chi connectivity index (χ0) is 30.4. The summed E-state index contributed by atoms with van der Waals surface area (Å²) in [5.74, 6) is 0.651. The van der Waals surface area contributed by atoms with E-state index >= 15 is 0 Å². The smallest absolute Gasteiger partial charge is 0.241 e. The fourth-order valence-corrected chi connectivity index (χ4v) is 9.23. The average molecular weight is 611 g/mol. The number of hydrogen-bond acceptors (Lipinski definition) is 5. The Kier molecular flexibility index (Phi) is 5.17. The van der Waals surface area contributed by atoms with E-state index in [2.05, 4.69) is 113 Å². The molecule has 0 unspecified atom stereocenters. The van der Waals surface area contributed by atoms with Crippen LogP contribution in [0, 0.1) is 0 Å². The van der Waals surface area contributed by atoms with Gasteiger partial charge in [-0.1, -0.05) is 121 Å². The Hall–Kier alpha value is -5.23. The van der Waals surface area contributed by atoms with Crippen LogP contribution < -0.4 is 4.31 Å². The van der Waals surface area contributed by atoms with Crippen LogP contribution >= 0.6 is 23.3 Å². The van der Waals surface area contributed by atoms with Crippen molar-refractivity contribution in [2.45, 2.75) is 4.90 Å². The Labute approximate surface area is 269 Å². The topological polar surface area (TPSA) is 29.0 Å². The van der Waals surface area contributed by atoms with Gasteiger partial charge in [0.1, 0.15) is 0 Å². The summed E-state index contributed by atoms with van der Waals surface area (Å²) >= 11 is 3.48. The molecule has 0 spiro atoms. The highest BCUT2D eigenvalue weighted by molar-refractivity contribution is 8.01. The van der Waals surface area contributed by atoms with Gasteiger partial charge in [-0.3, -0.25) is 0 Å². The third kappa shape index (κ3) is 3.65. The van der Waals surface area contributed by atoms with Gasteiger partial charge in [0, 0.05) is 42.4 Å². The molecule has 10 rings (SSSR count). The molecule has 3 heterocycles. The summed E-state index contributed by atoms with van der Waals surface area (Å²) in [5.41, 5.74) is 6.43. The molecule has 0 fully saturated rings. The first-order chi connectivity index (χ1) is 22.7. The monoisotopic (exact) mass is 610 g/mol.